The summed E-state index contributed by atoms with van der Waals surface area (Å²) in [6, 6.07) is 19.6. The van der Waals surface area contributed by atoms with E-state index in [-0.39, 0.29) is 0 Å². The number of benzene rings is 1. The standard InChI is InChI=1S/C22H14O2/c23-13-17-11-15(19-6-2-1-3-7-21(17)19)10-16-12-18(14-24)22-9-5-4-8-20(16)22/h1-14H/b16-10-. The first-order valence-corrected chi connectivity index (χ1v) is 7.77. The van der Waals surface area contributed by atoms with Crippen molar-refractivity contribution in [3.8, 4) is 11.1 Å². The summed E-state index contributed by atoms with van der Waals surface area (Å²) in [6.07, 6.45) is 5.73. The molecule has 0 fully saturated rings. The summed E-state index contributed by atoms with van der Waals surface area (Å²) < 4.78 is 0. The van der Waals surface area contributed by atoms with E-state index in [1.165, 1.54) is 0 Å². The van der Waals surface area contributed by atoms with Gasteiger partial charge < -0.3 is 0 Å². The van der Waals surface area contributed by atoms with E-state index >= 15 is 0 Å². The van der Waals surface area contributed by atoms with Crippen molar-refractivity contribution < 1.29 is 9.59 Å². The van der Waals surface area contributed by atoms with Crippen molar-refractivity contribution in [2.45, 2.75) is 0 Å². The zero-order valence-corrected chi connectivity index (χ0v) is 12.9. The normalized spacial score (nSPS) is 14.5. The van der Waals surface area contributed by atoms with Crippen molar-refractivity contribution in [1.82, 2.24) is 0 Å². The predicted octanol–water partition coefficient (Wildman–Crippen LogP) is 4.74. The highest BCUT2D eigenvalue weighted by atomic mass is 16.1. The molecular formula is C22H14O2. The van der Waals surface area contributed by atoms with Gasteiger partial charge in [-0.05, 0) is 51.6 Å². The second kappa shape index (κ2) is 5.74. The maximum atomic E-state index is 11.4. The highest BCUT2D eigenvalue weighted by molar-refractivity contribution is 6.18. The van der Waals surface area contributed by atoms with Gasteiger partial charge in [0.25, 0.3) is 0 Å². The van der Waals surface area contributed by atoms with Crippen LogP contribution in [0.4, 0.5) is 0 Å². The third-order valence-corrected chi connectivity index (χ3v) is 4.40. The molecule has 0 aliphatic heterocycles. The van der Waals surface area contributed by atoms with E-state index in [1.54, 1.807) is 0 Å². The molecule has 0 atom stereocenters. The average Bonchev–Trinajstić information content (AvgIpc) is 3.02. The third-order valence-electron chi connectivity index (χ3n) is 4.40. The van der Waals surface area contributed by atoms with Gasteiger partial charge in [0, 0.05) is 11.1 Å². The first-order valence-electron chi connectivity index (χ1n) is 7.77. The number of carbonyl (C=O) groups excluding carboxylic acids is 2. The summed E-state index contributed by atoms with van der Waals surface area (Å²) in [4.78, 5) is 22.7. The van der Waals surface area contributed by atoms with E-state index in [1.807, 2.05) is 72.8 Å². The summed E-state index contributed by atoms with van der Waals surface area (Å²) in [7, 11) is 0. The van der Waals surface area contributed by atoms with Gasteiger partial charge >= 0.3 is 0 Å². The zero-order valence-electron chi connectivity index (χ0n) is 12.9. The van der Waals surface area contributed by atoms with Crippen molar-refractivity contribution >= 4 is 29.8 Å². The van der Waals surface area contributed by atoms with E-state index < -0.39 is 0 Å². The van der Waals surface area contributed by atoms with Crippen LogP contribution in [-0.4, -0.2) is 12.6 Å². The second-order valence-electron chi connectivity index (χ2n) is 5.77. The van der Waals surface area contributed by atoms with Crippen LogP contribution in [0.5, 0.6) is 0 Å². The van der Waals surface area contributed by atoms with Gasteiger partial charge in [-0.25, -0.2) is 0 Å². The van der Waals surface area contributed by atoms with E-state index in [0.717, 1.165) is 46.0 Å². The van der Waals surface area contributed by atoms with Crippen molar-refractivity contribution in [2.75, 3.05) is 0 Å². The largest absolute Gasteiger partial charge is 0.298 e. The number of fused-ring (bicyclic) bond motifs is 2. The van der Waals surface area contributed by atoms with Gasteiger partial charge in [-0.15, -0.1) is 0 Å². The Labute approximate surface area is 140 Å². The molecule has 2 nitrogen and oxygen atoms in total. The molecular weight excluding hydrogens is 296 g/mol. The topological polar surface area (TPSA) is 34.1 Å². The van der Waals surface area contributed by atoms with E-state index in [4.69, 9.17) is 0 Å². The smallest absolute Gasteiger partial charge is 0.150 e. The number of aldehydes is 2. The molecule has 3 aliphatic rings. The van der Waals surface area contributed by atoms with Crippen LogP contribution in [0, 0.1) is 0 Å². The highest BCUT2D eigenvalue weighted by Crippen LogP contribution is 2.38. The quantitative estimate of drug-likeness (QED) is 0.655. The number of allylic oxidation sites excluding steroid dienone is 3. The van der Waals surface area contributed by atoms with Crippen LogP contribution in [0.1, 0.15) is 27.0 Å². The van der Waals surface area contributed by atoms with Crippen molar-refractivity contribution in [1.29, 1.82) is 0 Å². The third kappa shape index (κ3) is 2.20. The SMILES string of the molecule is O=CC1=C/C(=C/c2cc(C=O)c3cccccc2-3)c2ccccc21. The van der Waals surface area contributed by atoms with Crippen LogP contribution in [0.15, 0.2) is 66.7 Å². The molecule has 24 heavy (non-hydrogen) atoms. The lowest BCUT2D eigenvalue weighted by atomic mass is 10.0. The number of rotatable bonds is 3. The van der Waals surface area contributed by atoms with Crippen molar-refractivity contribution in [2.24, 2.45) is 0 Å². The first-order chi connectivity index (χ1) is 11.8. The maximum absolute atomic E-state index is 11.4. The van der Waals surface area contributed by atoms with Crippen molar-refractivity contribution in [3.63, 3.8) is 0 Å². The van der Waals surface area contributed by atoms with Gasteiger partial charge in [0.1, 0.15) is 0 Å². The molecule has 1 aromatic carbocycles. The fourth-order valence-electron chi connectivity index (χ4n) is 3.28. The molecule has 2 heteroatoms. The molecule has 0 N–H and O–H groups in total. The Balaban J connectivity index is 1.92. The lowest BCUT2D eigenvalue weighted by Gasteiger charge is -2.02. The molecule has 3 aliphatic carbocycles. The molecule has 0 saturated heterocycles. The minimum absolute atomic E-state index is 0.680. The Kier molecular flexibility index (Phi) is 3.43. The first kappa shape index (κ1) is 14.3. The van der Waals surface area contributed by atoms with Crippen LogP contribution < -0.4 is 0 Å². The molecule has 0 amide bonds. The highest BCUT2D eigenvalue weighted by Gasteiger charge is 2.19. The number of hydrogen-bond donors (Lipinski definition) is 0. The zero-order chi connectivity index (χ0) is 16.5. The van der Waals surface area contributed by atoms with E-state index in [2.05, 4.69) is 0 Å². The Hall–Kier alpha value is -3.26. The van der Waals surface area contributed by atoms with E-state index in [0.29, 0.717) is 11.1 Å². The van der Waals surface area contributed by atoms with Gasteiger partial charge in [0.05, 0.1) is 0 Å². The van der Waals surface area contributed by atoms with Gasteiger partial charge in [-0.3, -0.25) is 9.59 Å². The van der Waals surface area contributed by atoms with E-state index in [9.17, 15) is 9.59 Å². The Morgan fingerprint density at radius 1 is 0.625 bits per heavy atom. The molecule has 0 radical (unpaired) electrons. The van der Waals surface area contributed by atoms with Gasteiger partial charge in [0.2, 0.25) is 0 Å². The van der Waals surface area contributed by atoms with Crippen LogP contribution in [0.2, 0.25) is 0 Å². The molecule has 0 bridgehead atoms. The number of carbonyl (C=O) groups is 2. The fraction of sp³-hybridized carbons (Fsp3) is 0. The Morgan fingerprint density at radius 2 is 1.25 bits per heavy atom. The van der Waals surface area contributed by atoms with Crippen LogP contribution in [0.3, 0.4) is 0 Å². The summed E-state index contributed by atoms with van der Waals surface area (Å²) >= 11 is 0. The fourth-order valence-corrected chi connectivity index (χ4v) is 3.28. The van der Waals surface area contributed by atoms with Gasteiger partial charge in [0.15, 0.2) is 12.6 Å². The summed E-state index contributed by atoms with van der Waals surface area (Å²) in [5.74, 6) is 0. The van der Waals surface area contributed by atoms with Crippen LogP contribution in [0.25, 0.3) is 28.3 Å². The molecule has 0 heterocycles. The van der Waals surface area contributed by atoms with Crippen molar-refractivity contribution in [3.05, 3.63) is 89.0 Å². The maximum Gasteiger partial charge on any atom is 0.150 e. The summed E-state index contributed by atoms with van der Waals surface area (Å²) in [5, 5.41) is 0. The Morgan fingerprint density at radius 3 is 1.96 bits per heavy atom. The van der Waals surface area contributed by atoms with Gasteiger partial charge in [-0.1, -0.05) is 54.6 Å². The Bertz CT molecular complexity index is 992. The lowest BCUT2D eigenvalue weighted by Crippen LogP contribution is -1.83. The molecule has 4 rings (SSSR count). The molecule has 0 spiro atoms. The van der Waals surface area contributed by atoms with Crippen LogP contribution >= 0.6 is 0 Å². The van der Waals surface area contributed by atoms with Gasteiger partial charge in [-0.2, -0.15) is 0 Å². The predicted molar refractivity (Wildman–Crippen MR) is 96.8 cm³/mol. The molecule has 114 valence electrons. The second-order valence-corrected chi connectivity index (χ2v) is 5.77. The number of hydrogen-bond acceptors (Lipinski definition) is 2. The minimum Gasteiger partial charge on any atom is -0.298 e. The minimum atomic E-state index is 0.680. The summed E-state index contributed by atoms with van der Waals surface area (Å²) in [5.41, 5.74) is 7.30. The van der Waals surface area contributed by atoms with Crippen LogP contribution in [-0.2, 0) is 4.79 Å². The lowest BCUT2D eigenvalue weighted by molar-refractivity contribution is -0.103. The summed E-state index contributed by atoms with van der Waals surface area (Å²) in [6.45, 7) is 0. The molecule has 0 unspecified atom stereocenters. The monoisotopic (exact) mass is 310 g/mol. The molecule has 0 saturated carbocycles. The molecule has 1 aromatic rings. The molecule has 0 aromatic heterocycles. The average molecular weight is 310 g/mol.